The second-order valence-electron chi connectivity index (χ2n) is 6.58. The molecule has 0 aliphatic carbocycles. The number of amides is 1. The highest BCUT2D eigenvalue weighted by Crippen LogP contribution is 2.19. The van der Waals surface area contributed by atoms with E-state index in [1.807, 2.05) is 39.8 Å². The van der Waals surface area contributed by atoms with Crippen molar-refractivity contribution in [3.63, 3.8) is 0 Å². The average Bonchev–Trinajstić information content (AvgIpc) is 2.40. The summed E-state index contributed by atoms with van der Waals surface area (Å²) in [6.45, 7) is 9.12. The van der Waals surface area contributed by atoms with Crippen LogP contribution >= 0.6 is 0 Å². The van der Waals surface area contributed by atoms with Crippen molar-refractivity contribution in [1.82, 2.24) is 9.88 Å². The van der Waals surface area contributed by atoms with E-state index < -0.39 is 5.60 Å². The zero-order valence-electron chi connectivity index (χ0n) is 13.3. The summed E-state index contributed by atoms with van der Waals surface area (Å²) in [5.74, 6) is 0.897. The maximum absolute atomic E-state index is 12.1. The lowest BCUT2D eigenvalue weighted by Crippen LogP contribution is -2.47. The third-order valence-corrected chi connectivity index (χ3v) is 3.42. The second kappa shape index (κ2) is 6.33. The van der Waals surface area contributed by atoms with Crippen molar-refractivity contribution in [3.8, 4) is 0 Å². The normalized spacial score (nSPS) is 19.2. The van der Waals surface area contributed by atoms with Gasteiger partial charge in [0.25, 0.3) is 0 Å². The van der Waals surface area contributed by atoms with Gasteiger partial charge in [-0.1, -0.05) is 6.07 Å². The first-order valence-corrected chi connectivity index (χ1v) is 7.51. The molecule has 1 aliphatic heterocycles. The first kappa shape index (κ1) is 15.6. The van der Waals surface area contributed by atoms with Crippen LogP contribution < -0.4 is 5.32 Å². The van der Waals surface area contributed by atoms with Gasteiger partial charge in [0.05, 0.1) is 0 Å². The summed E-state index contributed by atoms with van der Waals surface area (Å²) in [5.41, 5.74) is 0.668. The minimum atomic E-state index is -0.449. The van der Waals surface area contributed by atoms with Crippen molar-refractivity contribution < 1.29 is 9.53 Å². The number of ether oxygens (including phenoxy) is 1. The van der Waals surface area contributed by atoms with Crippen molar-refractivity contribution in [3.05, 3.63) is 23.9 Å². The van der Waals surface area contributed by atoms with Crippen LogP contribution in [-0.4, -0.2) is 40.7 Å². The van der Waals surface area contributed by atoms with E-state index in [9.17, 15) is 4.79 Å². The molecule has 1 atom stereocenters. The number of aryl methyl sites for hydroxylation is 1. The minimum absolute atomic E-state index is 0.222. The van der Waals surface area contributed by atoms with E-state index in [1.54, 1.807) is 11.1 Å². The standard InChI is InChI=1S/C16H25N3O2/c1-12-7-5-9-17-14(12)18-13-8-6-10-19(11-13)15(20)21-16(2,3)4/h5,7,9,13H,6,8,10-11H2,1-4H3,(H,17,18). The first-order valence-electron chi connectivity index (χ1n) is 7.51. The van der Waals surface area contributed by atoms with Crippen molar-refractivity contribution in [2.75, 3.05) is 18.4 Å². The summed E-state index contributed by atoms with van der Waals surface area (Å²) in [4.78, 5) is 18.3. The summed E-state index contributed by atoms with van der Waals surface area (Å²) in [6.07, 6.45) is 3.56. The molecule has 1 saturated heterocycles. The summed E-state index contributed by atoms with van der Waals surface area (Å²) in [5, 5.41) is 3.44. The fourth-order valence-electron chi connectivity index (χ4n) is 2.42. The molecule has 5 heteroatoms. The number of aromatic nitrogens is 1. The molecule has 116 valence electrons. The van der Waals surface area contributed by atoms with Crippen LogP contribution in [0, 0.1) is 6.92 Å². The monoisotopic (exact) mass is 291 g/mol. The lowest BCUT2D eigenvalue weighted by molar-refractivity contribution is 0.0206. The SMILES string of the molecule is Cc1cccnc1NC1CCCN(C(=O)OC(C)(C)C)C1. The third-order valence-electron chi connectivity index (χ3n) is 3.42. The van der Waals surface area contributed by atoms with E-state index in [2.05, 4.69) is 10.3 Å². The molecule has 0 aromatic carbocycles. The van der Waals surface area contributed by atoms with Crippen LogP contribution in [0.15, 0.2) is 18.3 Å². The third kappa shape index (κ3) is 4.62. The minimum Gasteiger partial charge on any atom is -0.444 e. The zero-order valence-corrected chi connectivity index (χ0v) is 13.3. The maximum atomic E-state index is 12.1. The number of likely N-dealkylation sites (tertiary alicyclic amines) is 1. The lowest BCUT2D eigenvalue weighted by atomic mass is 10.1. The fourth-order valence-corrected chi connectivity index (χ4v) is 2.42. The number of hydrogen-bond donors (Lipinski definition) is 1. The summed E-state index contributed by atoms with van der Waals surface area (Å²) < 4.78 is 5.44. The molecule has 1 unspecified atom stereocenters. The number of pyridine rings is 1. The van der Waals surface area contributed by atoms with Gasteiger partial charge in [-0.3, -0.25) is 0 Å². The van der Waals surface area contributed by atoms with E-state index >= 15 is 0 Å². The van der Waals surface area contributed by atoms with Crippen molar-refractivity contribution in [1.29, 1.82) is 0 Å². The Kier molecular flexibility index (Phi) is 4.70. The van der Waals surface area contributed by atoms with Gasteiger partial charge in [0.2, 0.25) is 0 Å². The van der Waals surface area contributed by atoms with Crippen LogP contribution in [0.2, 0.25) is 0 Å². The van der Waals surface area contributed by atoms with Crippen molar-refractivity contribution >= 4 is 11.9 Å². The molecule has 1 aromatic rings. The molecule has 1 N–H and O–H groups in total. The Morgan fingerprint density at radius 3 is 2.90 bits per heavy atom. The number of carbonyl (C=O) groups excluding carboxylic acids is 1. The summed E-state index contributed by atoms with van der Waals surface area (Å²) in [6, 6.07) is 4.18. The molecular formula is C16H25N3O2. The van der Waals surface area contributed by atoms with Gasteiger partial charge in [-0.2, -0.15) is 0 Å². The van der Waals surface area contributed by atoms with Gasteiger partial charge in [0.1, 0.15) is 11.4 Å². The van der Waals surface area contributed by atoms with Crippen LogP contribution in [0.3, 0.4) is 0 Å². The topological polar surface area (TPSA) is 54.5 Å². The van der Waals surface area contributed by atoms with Gasteiger partial charge in [-0.15, -0.1) is 0 Å². The molecule has 2 heterocycles. The number of hydrogen-bond acceptors (Lipinski definition) is 4. The molecule has 0 spiro atoms. The number of anilines is 1. The maximum Gasteiger partial charge on any atom is 0.410 e. The molecule has 5 nitrogen and oxygen atoms in total. The zero-order chi connectivity index (χ0) is 15.5. The number of nitrogens with zero attached hydrogens (tertiary/aromatic N) is 2. The van der Waals surface area contributed by atoms with Gasteiger partial charge in [-0.25, -0.2) is 9.78 Å². The van der Waals surface area contributed by atoms with Crippen molar-refractivity contribution in [2.24, 2.45) is 0 Å². The lowest BCUT2D eigenvalue weighted by Gasteiger charge is -2.34. The molecular weight excluding hydrogens is 266 g/mol. The van der Waals surface area contributed by atoms with Crippen LogP contribution in [0.4, 0.5) is 10.6 Å². The van der Waals surface area contributed by atoms with Gasteiger partial charge in [-0.05, 0) is 52.2 Å². The van der Waals surface area contributed by atoms with Gasteiger partial charge >= 0.3 is 6.09 Å². The molecule has 1 amide bonds. The Morgan fingerprint density at radius 1 is 1.48 bits per heavy atom. The Morgan fingerprint density at radius 2 is 2.24 bits per heavy atom. The predicted molar refractivity (Wildman–Crippen MR) is 83.4 cm³/mol. The average molecular weight is 291 g/mol. The van der Waals surface area contributed by atoms with Gasteiger partial charge in [0, 0.05) is 25.3 Å². The molecule has 1 aliphatic rings. The van der Waals surface area contributed by atoms with Crippen LogP contribution in [0.25, 0.3) is 0 Å². The number of carbonyl (C=O) groups is 1. The predicted octanol–water partition coefficient (Wildman–Crippen LogP) is 3.20. The second-order valence-corrected chi connectivity index (χ2v) is 6.58. The van der Waals surface area contributed by atoms with E-state index in [1.165, 1.54) is 0 Å². The fraction of sp³-hybridized carbons (Fsp3) is 0.625. The van der Waals surface area contributed by atoms with Crippen LogP contribution in [0.5, 0.6) is 0 Å². The summed E-state index contributed by atoms with van der Waals surface area (Å²) >= 11 is 0. The van der Waals surface area contributed by atoms with Crippen molar-refractivity contribution in [2.45, 2.75) is 52.2 Å². The number of nitrogens with one attached hydrogen (secondary N) is 1. The van der Waals surface area contributed by atoms with E-state index in [4.69, 9.17) is 4.74 Å². The Bertz CT molecular complexity index is 497. The highest BCUT2D eigenvalue weighted by molar-refractivity contribution is 5.68. The molecule has 1 fully saturated rings. The Labute approximate surface area is 126 Å². The smallest absolute Gasteiger partial charge is 0.410 e. The first-order chi connectivity index (χ1) is 9.85. The Balaban J connectivity index is 1.95. The Hall–Kier alpha value is -1.78. The van der Waals surface area contributed by atoms with Crippen LogP contribution in [0.1, 0.15) is 39.2 Å². The molecule has 0 saturated carbocycles. The quantitative estimate of drug-likeness (QED) is 0.909. The molecule has 0 radical (unpaired) electrons. The molecule has 2 rings (SSSR count). The van der Waals surface area contributed by atoms with Gasteiger partial charge < -0.3 is 15.0 Å². The van der Waals surface area contributed by atoms with Gasteiger partial charge in [0.15, 0.2) is 0 Å². The number of piperidine rings is 1. The number of rotatable bonds is 2. The largest absolute Gasteiger partial charge is 0.444 e. The van der Waals surface area contributed by atoms with E-state index in [0.29, 0.717) is 6.54 Å². The highest BCUT2D eigenvalue weighted by Gasteiger charge is 2.27. The molecule has 21 heavy (non-hydrogen) atoms. The van der Waals surface area contributed by atoms with E-state index in [0.717, 1.165) is 30.8 Å². The molecule has 1 aromatic heterocycles. The van der Waals surface area contributed by atoms with Crippen LogP contribution in [-0.2, 0) is 4.74 Å². The van der Waals surface area contributed by atoms with E-state index in [-0.39, 0.29) is 12.1 Å². The molecule has 0 bridgehead atoms. The highest BCUT2D eigenvalue weighted by atomic mass is 16.6. The summed E-state index contributed by atoms with van der Waals surface area (Å²) in [7, 11) is 0.